The SMILES string of the molecule is CCN(c1nc(N2CCCC2)nc2[nH]c(C)cc12)C1CCCCC1. The van der Waals surface area contributed by atoms with Crippen molar-refractivity contribution in [2.24, 2.45) is 0 Å². The van der Waals surface area contributed by atoms with E-state index in [0.717, 1.165) is 37.0 Å². The third-order valence-electron chi connectivity index (χ3n) is 5.61. The van der Waals surface area contributed by atoms with Gasteiger partial charge in [-0.15, -0.1) is 0 Å². The van der Waals surface area contributed by atoms with Gasteiger partial charge >= 0.3 is 0 Å². The number of fused-ring (bicyclic) bond motifs is 1. The molecule has 0 bridgehead atoms. The van der Waals surface area contributed by atoms with E-state index in [4.69, 9.17) is 9.97 Å². The number of aryl methyl sites for hydroxylation is 1. The van der Waals surface area contributed by atoms with Crippen LogP contribution in [0.5, 0.6) is 0 Å². The maximum absolute atomic E-state index is 5.06. The first-order valence-electron chi connectivity index (χ1n) is 9.65. The van der Waals surface area contributed by atoms with E-state index in [0.29, 0.717) is 6.04 Å². The molecule has 1 saturated heterocycles. The number of nitrogens with one attached hydrogen (secondary N) is 1. The van der Waals surface area contributed by atoms with Crippen LogP contribution in [0.2, 0.25) is 0 Å². The van der Waals surface area contributed by atoms with Crippen LogP contribution in [0, 0.1) is 6.92 Å². The molecule has 2 aliphatic rings. The third-order valence-corrected chi connectivity index (χ3v) is 5.61. The Morgan fingerprint density at radius 1 is 1.12 bits per heavy atom. The van der Waals surface area contributed by atoms with Crippen LogP contribution in [0.15, 0.2) is 6.07 Å². The summed E-state index contributed by atoms with van der Waals surface area (Å²) >= 11 is 0. The highest BCUT2D eigenvalue weighted by molar-refractivity contribution is 5.89. The number of H-pyrrole nitrogens is 1. The standard InChI is InChI=1S/C19H29N5/c1-3-24(15-9-5-4-6-10-15)18-16-13-14(2)20-17(16)21-19(22-18)23-11-7-8-12-23/h13,15H,3-12H2,1-2H3,(H,20,21,22). The predicted molar refractivity (Wildman–Crippen MR) is 100.0 cm³/mol. The minimum atomic E-state index is 0.628. The molecule has 3 heterocycles. The molecule has 1 saturated carbocycles. The topological polar surface area (TPSA) is 48.1 Å². The van der Waals surface area contributed by atoms with Crippen molar-refractivity contribution in [2.45, 2.75) is 64.8 Å². The van der Waals surface area contributed by atoms with E-state index < -0.39 is 0 Å². The van der Waals surface area contributed by atoms with Gasteiger partial charge in [-0.25, -0.2) is 0 Å². The lowest BCUT2D eigenvalue weighted by molar-refractivity contribution is 0.417. The highest BCUT2D eigenvalue weighted by Gasteiger charge is 2.25. The number of nitrogens with zero attached hydrogens (tertiary/aromatic N) is 4. The van der Waals surface area contributed by atoms with E-state index in [9.17, 15) is 0 Å². The summed E-state index contributed by atoms with van der Waals surface area (Å²) in [5.41, 5.74) is 2.16. The van der Waals surface area contributed by atoms with Gasteiger partial charge in [-0.3, -0.25) is 0 Å². The Labute approximate surface area is 144 Å². The zero-order valence-corrected chi connectivity index (χ0v) is 15.0. The van der Waals surface area contributed by atoms with Crippen LogP contribution in [0.3, 0.4) is 0 Å². The Hall–Kier alpha value is -1.78. The van der Waals surface area contributed by atoms with E-state index in [2.05, 4.69) is 34.7 Å². The average Bonchev–Trinajstić information content (AvgIpc) is 3.25. The van der Waals surface area contributed by atoms with Gasteiger partial charge in [0.2, 0.25) is 5.95 Å². The first-order chi connectivity index (χ1) is 11.8. The summed E-state index contributed by atoms with van der Waals surface area (Å²) in [6.07, 6.45) is 9.17. The number of hydrogen-bond acceptors (Lipinski definition) is 4. The number of anilines is 2. The predicted octanol–water partition coefficient (Wildman–Crippen LogP) is 4.03. The van der Waals surface area contributed by atoms with Crippen molar-refractivity contribution in [3.05, 3.63) is 11.8 Å². The second-order valence-electron chi connectivity index (χ2n) is 7.33. The Morgan fingerprint density at radius 3 is 2.58 bits per heavy atom. The Kier molecular flexibility index (Phi) is 4.33. The lowest BCUT2D eigenvalue weighted by Crippen LogP contribution is -2.37. The first kappa shape index (κ1) is 15.7. The van der Waals surface area contributed by atoms with Crippen LogP contribution < -0.4 is 9.80 Å². The molecule has 2 aromatic heterocycles. The van der Waals surface area contributed by atoms with Crippen LogP contribution in [0.25, 0.3) is 11.0 Å². The molecule has 130 valence electrons. The molecule has 0 aromatic carbocycles. The van der Waals surface area contributed by atoms with Gasteiger partial charge in [-0.2, -0.15) is 9.97 Å². The molecule has 0 radical (unpaired) electrons. The summed E-state index contributed by atoms with van der Waals surface area (Å²) < 4.78 is 0. The summed E-state index contributed by atoms with van der Waals surface area (Å²) in [4.78, 5) is 18.2. The van der Waals surface area contributed by atoms with Gasteiger partial charge in [0.15, 0.2) is 0 Å². The molecule has 2 fully saturated rings. The van der Waals surface area contributed by atoms with Crippen molar-refractivity contribution >= 4 is 22.8 Å². The van der Waals surface area contributed by atoms with Gasteiger partial charge in [-0.1, -0.05) is 19.3 Å². The van der Waals surface area contributed by atoms with Gasteiger partial charge in [0, 0.05) is 31.4 Å². The van der Waals surface area contributed by atoms with Gasteiger partial charge in [0.05, 0.1) is 5.39 Å². The number of rotatable bonds is 4. The van der Waals surface area contributed by atoms with E-state index in [1.165, 1.54) is 56.0 Å². The smallest absolute Gasteiger partial charge is 0.229 e. The van der Waals surface area contributed by atoms with Crippen LogP contribution in [-0.4, -0.2) is 40.6 Å². The van der Waals surface area contributed by atoms with Crippen molar-refractivity contribution in [3.63, 3.8) is 0 Å². The number of aromatic nitrogens is 3. The van der Waals surface area contributed by atoms with Gasteiger partial charge in [0.25, 0.3) is 0 Å². The molecule has 1 aliphatic heterocycles. The molecule has 0 amide bonds. The molecular formula is C19H29N5. The fraction of sp³-hybridized carbons (Fsp3) is 0.684. The highest BCUT2D eigenvalue weighted by Crippen LogP contribution is 2.33. The molecule has 0 unspecified atom stereocenters. The fourth-order valence-electron chi connectivity index (χ4n) is 4.36. The van der Waals surface area contributed by atoms with Crippen molar-refractivity contribution in [1.82, 2.24) is 15.0 Å². The van der Waals surface area contributed by atoms with Crippen LogP contribution >= 0.6 is 0 Å². The van der Waals surface area contributed by atoms with Crippen molar-refractivity contribution in [1.29, 1.82) is 0 Å². The third kappa shape index (κ3) is 2.85. The van der Waals surface area contributed by atoms with Gasteiger partial charge in [0.1, 0.15) is 11.5 Å². The van der Waals surface area contributed by atoms with Crippen LogP contribution in [0.4, 0.5) is 11.8 Å². The Balaban J connectivity index is 1.78. The summed E-state index contributed by atoms with van der Waals surface area (Å²) in [5, 5.41) is 1.18. The minimum Gasteiger partial charge on any atom is -0.353 e. The number of hydrogen-bond donors (Lipinski definition) is 1. The van der Waals surface area contributed by atoms with Crippen molar-refractivity contribution < 1.29 is 0 Å². The maximum Gasteiger partial charge on any atom is 0.229 e. The molecule has 24 heavy (non-hydrogen) atoms. The average molecular weight is 327 g/mol. The summed E-state index contributed by atoms with van der Waals surface area (Å²) in [6.45, 7) is 7.55. The Bertz CT molecular complexity index is 695. The summed E-state index contributed by atoms with van der Waals surface area (Å²) in [7, 11) is 0. The summed E-state index contributed by atoms with van der Waals surface area (Å²) in [5.74, 6) is 2.05. The van der Waals surface area contributed by atoms with E-state index in [1.807, 2.05) is 0 Å². The largest absolute Gasteiger partial charge is 0.353 e. The molecule has 1 aliphatic carbocycles. The molecule has 0 atom stereocenters. The first-order valence-corrected chi connectivity index (χ1v) is 9.65. The molecule has 5 nitrogen and oxygen atoms in total. The van der Waals surface area contributed by atoms with Gasteiger partial charge in [-0.05, 0) is 45.6 Å². The second-order valence-corrected chi connectivity index (χ2v) is 7.33. The molecule has 0 spiro atoms. The minimum absolute atomic E-state index is 0.628. The molecule has 5 heteroatoms. The summed E-state index contributed by atoms with van der Waals surface area (Å²) in [6, 6.07) is 2.84. The van der Waals surface area contributed by atoms with Crippen LogP contribution in [-0.2, 0) is 0 Å². The molecule has 4 rings (SSSR count). The monoisotopic (exact) mass is 327 g/mol. The highest BCUT2D eigenvalue weighted by atomic mass is 15.3. The van der Waals surface area contributed by atoms with E-state index in [1.54, 1.807) is 0 Å². The maximum atomic E-state index is 5.06. The van der Waals surface area contributed by atoms with Crippen LogP contribution in [0.1, 0.15) is 57.6 Å². The Morgan fingerprint density at radius 2 is 1.88 bits per heavy atom. The fourth-order valence-corrected chi connectivity index (χ4v) is 4.36. The second kappa shape index (κ2) is 6.61. The van der Waals surface area contributed by atoms with Crippen molar-refractivity contribution in [2.75, 3.05) is 29.4 Å². The zero-order chi connectivity index (χ0) is 16.5. The lowest BCUT2D eigenvalue weighted by Gasteiger charge is -2.35. The quantitative estimate of drug-likeness (QED) is 0.921. The van der Waals surface area contributed by atoms with Crippen molar-refractivity contribution in [3.8, 4) is 0 Å². The zero-order valence-electron chi connectivity index (χ0n) is 15.0. The molecule has 1 N–H and O–H groups in total. The van der Waals surface area contributed by atoms with E-state index >= 15 is 0 Å². The molecule has 2 aromatic rings. The van der Waals surface area contributed by atoms with Gasteiger partial charge < -0.3 is 14.8 Å². The number of aromatic amines is 1. The molecular weight excluding hydrogens is 298 g/mol. The normalized spacial score (nSPS) is 19.3. The van der Waals surface area contributed by atoms with E-state index in [-0.39, 0.29) is 0 Å². The lowest BCUT2D eigenvalue weighted by atomic mass is 9.94.